The summed E-state index contributed by atoms with van der Waals surface area (Å²) in [4.78, 5) is 28.0. The summed E-state index contributed by atoms with van der Waals surface area (Å²) in [5, 5.41) is 3.16. The van der Waals surface area contributed by atoms with E-state index >= 15 is 0 Å². The van der Waals surface area contributed by atoms with Crippen molar-refractivity contribution >= 4 is 35.1 Å². The van der Waals surface area contributed by atoms with Gasteiger partial charge in [-0.1, -0.05) is 67.4 Å². The smallest absolute Gasteiger partial charge is 0.340 e. The minimum Gasteiger partial charge on any atom is -0.452 e. The Kier molecular flexibility index (Phi) is 7.42. The average molecular weight is 395 g/mol. The molecule has 7 heteroatoms. The number of amides is 1. The molecule has 1 N–H and O–H groups in total. The molecular weight excluding hydrogens is 375 g/mol. The predicted molar refractivity (Wildman–Crippen MR) is 101 cm³/mol. The summed E-state index contributed by atoms with van der Waals surface area (Å²) in [6, 6.07) is 10.9. The molecule has 1 atom stereocenters. The van der Waals surface area contributed by atoms with Crippen molar-refractivity contribution in [2.75, 3.05) is 6.61 Å². The predicted octanol–water partition coefficient (Wildman–Crippen LogP) is 4.45. The van der Waals surface area contributed by atoms with E-state index in [1.54, 1.807) is 0 Å². The second kappa shape index (κ2) is 9.55. The summed E-state index contributed by atoms with van der Waals surface area (Å²) in [7, 11) is 0. The van der Waals surface area contributed by atoms with Gasteiger partial charge in [0.05, 0.1) is 16.6 Å². The molecule has 0 spiro atoms. The first-order chi connectivity index (χ1) is 12.4. The highest BCUT2D eigenvalue weighted by Gasteiger charge is 2.18. The van der Waals surface area contributed by atoms with Crippen molar-refractivity contribution in [3.05, 3.63) is 63.9 Å². The van der Waals surface area contributed by atoms with E-state index in [1.807, 2.05) is 30.3 Å². The number of esters is 1. The number of ether oxygens (including phenoxy) is 1. The van der Waals surface area contributed by atoms with Crippen molar-refractivity contribution < 1.29 is 14.3 Å². The van der Waals surface area contributed by atoms with Gasteiger partial charge in [0.15, 0.2) is 6.61 Å². The van der Waals surface area contributed by atoms with E-state index in [1.165, 1.54) is 12.3 Å². The Balaban J connectivity index is 1.95. The van der Waals surface area contributed by atoms with Gasteiger partial charge >= 0.3 is 5.97 Å². The Labute approximate surface area is 162 Å². The van der Waals surface area contributed by atoms with Gasteiger partial charge in [0.1, 0.15) is 5.15 Å². The number of benzene rings is 1. The van der Waals surface area contributed by atoms with Gasteiger partial charge < -0.3 is 10.1 Å². The molecule has 2 aromatic rings. The third-order valence-electron chi connectivity index (χ3n) is 3.61. The van der Waals surface area contributed by atoms with Gasteiger partial charge in [0, 0.05) is 6.20 Å². The standard InChI is InChI=1S/C19H20Cl2N2O3/c1-12(2)8-16(13-6-4-3-5-7-13)23-17(24)11-26-19(25)14-9-15(20)18(21)22-10-14/h3-7,9-10,12,16H,8,11H2,1-2H3,(H,23,24)/t16-/m1/s1. The second-order valence-corrected chi connectivity index (χ2v) is 7.00. The lowest BCUT2D eigenvalue weighted by Gasteiger charge is -2.21. The Hall–Kier alpha value is -2.11. The Morgan fingerprint density at radius 3 is 2.50 bits per heavy atom. The number of aromatic nitrogens is 1. The van der Waals surface area contributed by atoms with E-state index in [0.29, 0.717) is 5.92 Å². The van der Waals surface area contributed by atoms with Crippen LogP contribution in [0.3, 0.4) is 0 Å². The van der Waals surface area contributed by atoms with Crippen LogP contribution in [-0.4, -0.2) is 23.5 Å². The largest absolute Gasteiger partial charge is 0.452 e. The fourth-order valence-electron chi connectivity index (χ4n) is 2.42. The maximum absolute atomic E-state index is 12.2. The molecule has 0 unspecified atom stereocenters. The lowest BCUT2D eigenvalue weighted by molar-refractivity contribution is -0.125. The fraction of sp³-hybridized carbons (Fsp3) is 0.316. The molecule has 0 aliphatic carbocycles. The van der Waals surface area contributed by atoms with Crippen molar-refractivity contribution in [3.63, 3.8) is 0 Å². The normalized spacial score (nSPS) is 11.9. The van der Waals surface area contributed by atoms with Gasteiger partial charge in [-0.2, -0.15) is 0 Å². The molecule has 5 nitrogen and oxygen atoms in total. The summed E-state index contributed by atoms with van der Waals surface area (Å²) >= 11 is 11.5. The Morgan fingerprint density at radius 1 is 1.19 bits per heavy atom. The van der Waals surface area contributed by atoms with E-state index in [4.69, 9.17) is 27.9 Å². The Morgan fingerprint density at radius 2 is 1.88 bits per heavy atom. The molecule has 0 aliphatic rings. The lowest BCUT2D eigenvalue weighted by Crippen LogP contribution is -2.33. The summed E-state index contributed by atoms with van der Waals surface area (Å²) in [5.41, 5.74) is 1.14. The molecule has 0 fully saturated rings. The SMILES string of the molecule is CC(C)C[C@@H](NC(=O)COC(=O)c1cnc(Cl)c(Cl)c1)c1ccccc1. The summed E-state index contributed by atoms with van der Waals surface area (Å²) in [5.74, 6) is -0.669. The van der Waals surface area contributed by atoms with E-state index < -0.39 is 5.97 Å². The van der Waals surface area contributed by atoms with Crippen molar-refractivity contribution in [3.8, 4) is 0 Å². The minimum atomic E-state index is -0.689. The molecule has 1 heterocycles. The third-order valence-corrected chi connectivity index (χ3v) is 4.30. The molecule has 0 aliphatic heterocycles. The number of nitrogens with one attached hydrogen (secondary N) is 1. The maximum atomic E-state index is 12.2. The summed E-state index contributed by atoms with van der Waals surface area (Å²) in [6.45, 7) is 3.78. The van der Waals surface area contributed by atoms with E-state index in [0.717, 1.165) is 12.0 Å². The molecular formula is C19H20Cl2N2O3. The van der Waals surface area contributed by atoms with Gasteiger partial charge in [0.2, 0.25) is 0 Å². The zero-order chi connectivity index (χ0) is 19.1. The van der Waals surface area contributed by atoms with Crippen LogP contribution in [0.2, 0.25) is 10.2 Å². The zero-order valence-corrected chi connectivity index (χ0v) is 16.1. The van der Waals surface area contributed by atoms with Crippen LogP contribution < -0.4 is 5.32 Å². The second-order valence-electron chi connectivity index (χ2n) is 6.23. The van der Waals surface area contributed by atoms with Gasteiger partial charge in [-0.25, -0.2) is 9.78 Å². The van der Waals surface area contributed by atoms with E-state index in [-0.39, 0.29) is 34.3 Å². The first kappa shape index (κ1) is 20.2. The zero-order valence-electron chi connectivity index (χ0n) is 14.5. The van der Waals surface area contributed by atoms with Crippen LogP contribution in [0.5, 0.6) is 0 Å². The first-order valence-corrected chi connectivity index (χ1v) is 8.95. The number of hydrogen-bond donors (Lipinski definition) is 1. The molecule has 1 amide bonds. The van der Waals surface area contributed by atoms with Crippen LogP contribution in [0.4, 0.5) is 0 Å². The molecule has 0 saturated carbocycles. The van der Waals surface area contributed by atoms with Gasteiger partial charge in [-0.05, 0) is 24.0 Å². The highest BCUT2D eigenvalue weighted by atomic mass is 35.5. The average Bonchev–Trinajstić information content (AvgIpc) is 2.62. The van der Waals surface area contributed by atoms with Gasteiger partial charge in [-0.15, -0.1) is 0 Å². The molecule has 138 valence electrons. The number of carbonyl (C=O) groups excluding carboxylic acids is 2. The number of hydrogen-bond acceptors (Lipinski definition) is 4. The minimum absolute atomic E-state index is 0.0975. The van der Waals surface area contributed by atoms with Crippen LogP contribution in [0.1, 0.15) is 42.2 Å². The van der Waals surface area contributed by atoms with Crippen LogP contribution in [0.15, 0.2) is 42.6 Å². The Bertz CT molecular complexity index is 767. The molecule has 0 radical (unpaired) electrons. The van der Waals surface area contributed by atoms with Gasteiger partial charge in [-0.3, -0.25) is 4.79 Å². The summed E-state index contributed by atoms with van der Waals surface area (Å²) < 4.78 is 5.03. The van der Waals surface area contributed by atoms with Crippen LogP contribution >= 0.6 is 23.2 Å². The fourth-order valence-corrected chi connectivity index (χ4v) is 2.69. The highest BCUT2D eigenvalue weighted by molar-refractivity contribution is 6.41. The van der Waals surface area contributed by atoms with E-state index in [2.05, 4.69) is 24.1 Å². The molecule has 1 aromatic carbocycles. The summed E-state index contributed by atoms with van der Waals surface area (Å²) in [6.07, 6.45) is 2.03. The molecule has 2 rings (SSSR count). The number of rotatable bonds is 7. The maximum Gasteiger partial charge on any atom is 0.340 e. The number of halogens is 2. The van der Waals surface area contributed by atoms with Crippen LogP contribution in [-0.2, 0) is 9.53 Å². The first-order valence-electron chi connectivity index (χ1n) is 8.19. The van der Waals surface area contributed by atoms with Crippen molar-refractivity contribution in [2.45, 2.75) is 26.3 Å². The highest BCUT2D eigenvalue weighted by Crippen LogP contribution is 2.21. The van der Waals surface area contributed by atoms with Crippen molar-refractivity contribution in [1.82, 2.24) is 10.3 Å². The van der Waals surface area contributed by atoms with Crippen molar-refractivity contribution in [1.29, 1.82) is 0 Å². The monoisotopic (exact) mass is 394 g/mol. The van der Waals surface area contributed by atoms with Crippen LogP contribution in [0.25, 0.3) is 0 Å². The number of carbonyl (C=O) groups is 2. The quantitative estimate of drug-likeness (QED) is 0.556. The molecule has 26 heavy (non-hydrogen) atoms. The lowest BCUT2D eigenvalue weighted by atomic mass is 9.97. The van der Waals surface area contributed by atoms with Crippen LogP contribution in [0, 0.1) is 5.92 Å². The van der Waals surface area contributed by atoms with E-state index in [9.17, 15) is 9.59 Å². The molecule has 0 bridgehead atoms. The van der Waals surface area contributed by atoms with Crippen molar-refractivity contribution in [2.24, 2.45) is 5.92 Å². The number of nitrogens with zero attached hydrogens (tertiary/aromatic N) is 1. The third kappa shape index (κ3) is 6.00. The molecule has 1 aromatic heterocycles. The topological polar surface area (TPSA) is 68.3 Å². The molecule has 0 saturated heterocycles. The number of pyridine rings is 1. The van der Waals surface area contributed by atoms with Gasteiger partial charge in [0.25, 0.3) is 5.91 Å².